The van der Waals surface area contributed by atoms with Crippen LogP contribution >= 0.6 is 0 Å². The van der Waals surface area contributed by atoms with E-state index in [9.17, 15) is 24.3 Å². The van der Waals surface area contributed by atoms with E-state index in [-0.39, 0.29) is 18.1 Å². The van der Waals surface area contributed by atoms with Gasteiger partial charge >= 0.3 is 24.4 Å². The third-order valence-electron chi connectivity index (χ3n) is 6.66. The predicted octanol–water partition coefficient (Wildman–Crippen LogP) is 6.03. The Bertz CT molecular complexity index is 1010. The van der Waals surface area contributed by atoms with E-state index in [2.05, 4.69) is 0 Å². The van der Waals surface area contributed by atoms with Crippen LogP contribution in [0.4, 0.5) is 14.4 Å². The molecule has 5 unspecified atom stereocenters. The number of ether oxygens (including phenoxy) is 6. The van der Waals surface area contributed by atoms with Crippen LogP contribution in [0.15, 0.2) is 18.2 Å². The van der Waals surface area contributed by atoms with E-state index in [1.54, 1.807) is 27.7 Å². The average Bonchev–Trinajstić information content (AvgIpc) is 2.89. The van der Waals surface area contributed by atoms with Crippen molar-refractivity contribution in [1.29, 1.82) is 0 Å². The summed E-state index contributed by atoms with van der Waals surface area (Å²) in [6.45, 7) is 14.4. The van der Waals surface area contributed by atoms with Crippen molar-refractivity contribution in [3.05, 3.63) is 23.8 Å². The molecule has 0 spiro atoms. The predicted molar refractivity (Wildman–Crippen MR) is 149 cm³/mol. The highest BCUT2D eigenvalue weighted by Crippen LogP contribution is 2.37. The van der Waals surface area contributed by atoms with Crippen LogP contribution in [0, 0.1) is 11.8 Å². The van der Waals surface area contributed by atoms with E-state index in [0.29, 0.717) is 30.7 Å². The number of carbonyl (C=O) groups is 4. The molecule has 0 saturated heterocycles. The maximum atomic E-state index is 12.5. The van der Waals surface area contributed by atoms with E-state index in [4.69, 9.17) is 34.2 Å². The number of rotatable bonds is 15. The van der Waals surface area contributed by atoms with Gasteiger partial charge in [0, 0.05) is 11.8 Å². The highest BCUT2D eigenvalue weighted by Gasteiger charge is 2.36. The molecule has 6 atom stereocenters. The summed E-state index contributed by atoms with van der Waals surface area (Å²) >= 11 is 0. The molecule has 0 heterocycles. The summed E-state index contributed by atoms with van der Waals surface area (Å²) in [7, 11) is 0. The number of carbonyl (C=O) groups excluding carboxylic acids is 3. The van der Waals surface area contributed by atoms with Gasteiger partial charge in [-0.2, -0.15) is 0 Å². The zero-order valence-corrected chi connectivity index (χ0v) is 25.2. The first-order chi connectivity index (χ1) is 19.2. The molecule has 0 aliphatic rings. The Balaban J connectivity index is 3.36. The fourth-order valence-corrected chi connectivity index (χ4v) is 3.57. The molecule has 0 saturated carbocycles. The number of hydrogen-bond acceptors (Lipinski definition) is 11. The van der Waals surface area contributed by atoms with Crippen molar-refractivity contribution in [2.45, 2.75) is 105 Å². The smallest absolute Gasteiger partial charge is 0.480 e. The lowest BCUT2D eigenvalue weighted by Crippen LogP contribution is -2.42. The van der Waals surface area contributed by atoms with Crippen LogP contribution in [0.1, 0.15) is 86.1 Å². The molecular weight excluding hydrogens is 538 g/mol. The maximum Gasteiger partial charge on any atom is 0.514 e. The normalized spacial score (nSPS) is 15.5. The van der Waals surface area contributed by atoms with Gasteiger partial charge in [0.1, 0.15) is 24.4 Å². The average molecular weight is 584 g/mol. The van der Waals surface area contributed by atoms with Gasteiger partial charge in [-0.25, -0.2) is 14.4 Å². The summed E-state index contributed by atoms with van der Waals surface area (Å²) in [5.41, 5.74) is 6.41. The summed E-state index contributed by atoms with van der Waals surface area (Å²) in [4.78, 5) is 48.9. The molecule has 232 valence electrons. The Labute approximate surface area is 241 Å². The van der Waals surface area contributed by atoms with Crippen LogP contribution in [-0.4, -0.2) is 60.5 Å². The van der Waals surface area contributed by atoms with Crippen molar-refractivity contribution in [3.8, 4) is 11.5 Å². The maximum absolute atomic E-state index is 12.5. The standard InChI is InChI=1S/C29H45NO11/c1-9-17(5)37-28(34)40-22-12-11-21(15-23(22)41-29(35)38-18(6)10-2)24(25(30)26(31)32)19(7)20(8)39-27(33)36-14-13-16(3)4/h11-12,15-20,24-25H,9-10,13-14,30H2,1-8H3,(H,31,32)/t17?,18?,19?,20?,24?,25-/m0/s1. The molecule has 0 aromatic heterocycles. The molecule has 12 heteroatoms. The van der Waals surface area contributed by atoms with Crippen LogP contribution in [0.3, 0.4) is 0 Å². The summed E-state index contributed by atoms with van der Waals surface area (Å²) in [6.07, 6.45) is -2.88. The number of carboxylic acid groups (broad SMARTS) is 1. The quantitative estimate of drug-likeness (QED) is 0.140. The molecular formula is C29H45NO11. The van der Waals surface area contributed by atoms with Gasteiger partial charge in [-0.1, -0.05) is 40.7 Å². The van der Waals surface area contributed by atoms with E-state index in [1.807, 2.05) is 27.7 Å². The molecule has 1 aromatic rings. The van der Waals surface area contributed by atoms with E-state index in [1.165, 1.54) is 18.2 Å². The minimum atomic E-state index is -1.44. The molecule has 0 bridgehead atoms. The SMILES string of the molecule is CCC(C)OC(=O)Oc1ccc(C(C(C)C(C)OC(=O)OCCC(C)C)[C@H](N)C(=O)O)cc1OC(=O)OC(C)CC. The molecule has 0 aliphatic heterocycles. The van der Waals surface area contributed by atoms with Crippen LogP contribution < -0.4 is 15.2 Å². The lowest BCUT2D eigenvalue weighted by molar-refractivity contribution is -0.139. The Morgan fingerprint density at radius 2 is 1.34 bits per heavy atom. The second-order valence-corrected chi connectivity index (χ2v) is 10.4. The van der Waals surface area contributed by atoms with Crippen molar-refractivity contribution >= 4 is 24.4 Å². The Hall–Kier alpha value is -3.54. The van der Waals surface area contributed by atoms with Gasteiger partial charge in [0.05, 0.1) is 6.61 Å². The lowest BCUT2D eigenvalue weighted by Gasteiger charge is -2.31. The van der Waals surface area contributed by atoms with Crippen molar-refractivity contribution in [1.82, 2.24) is 0 Å². The van der Waals surface area contributed by atoms with Gasteiger partial charge in [-0.3, -0.25) is 4.79 Å². The molecule has 41 heavy (non-hydrogen) atoms. The van der Waals surface area contributed by atoms with Crippen molar-refractivity contribution in [2.75, 3.05) is 6.61 Å². The third-order valence-corrected chi connectivity index (χ3v) is 6.66. The van der Waals surface area contributed by atoms with Gasteiger partial charge in [0.2, 0.25) is 0 Å². The van der Waals surface area contributed by atoms with Crippen molar-refractivity contribution in [2.24, 2.45) is 17.6 Å². The minimum Gasteiger partial charge on any atom is -0.480 e. The van der Waals surface area contributed by atoms with Gasteiger partial charge < -0.3 is 39.3 Å². The Morgan fingerprint density at radius 1 is 0.805 bits per heavy atom. The first-order valence-electron chi connectivity index (χ1n) is 13.9. The summed E-state index contributed by atoms with van der Waals surface area (Å²) < 4.78 is 31.5. The topological polar surface area (TPSA) is 170 Å². The molecule has 0 fully saturated rings. The molecule has 1 rings (SSSR count). The largest absolute Gasteiger partial charge is 0.514 e. The van der Waals surface area contributed by atoms with Crippen LogP contribution in [0.2, 0.25) is 0 Å². The van der Waals surface area contributed by atoms with Crippen LogP contribution in [-0.2, 0) is 23.7 Å². The highest BCUT2D eigenvalue weighted by molar-refractivity contribution is 5.75. The number of benzene rings is 1. The van der Waals surface area contributed by atoms with Crippen LogP contribution in [0.5, 0.6) is 11.5 Å². The minimum absolute atomic E-state index is 0.156. The van der Waals surface area contributed by atoms with Gasteiger partial charge in [0.15, 0.2) is 11.5 Å². The van der Waals surface area contributed by atoms with Gasteiger partial charge in [-0.15, -0.1) is 0 Å². The van der Waals surface area contributed by atoms with Crippen LogP contribution in [0.25, 0.3) is 0 Å². The summed E-state index contributed by atoms with van der Waals surface area (Å²) in [5, 5.41) is 9.77. The fraction of sp³-hybridized carbons (Fsp3) is 0.655. The van der Waals surface area contributed by atoms with Gasteiger partial charge in [0.25, 0.3) is 0 Å². The fourth-order valence-electron chi connectivity index (χ4n) is 3.57. The first-order valence-corrected chi connectivity index (χ1v) is 13.9. The monoisotopic (exact) mass is 583 g/mol. The number of carboxylic acids is 1. The number of aliphatic carboxylic acids is 1. The summed E-state index contributed by atoms with van der Waals surface area (Å²) in [5.74, 6) is -2.91. The third kappa shape index (κ3) is 12.2. The van der Waals surface area contributed by atoms with Crippen molar-refractivity contribution < 1.29 is 52.7 Å². The Kier molecular flexibility index (Phi) is 15.0. The van der Waals surface area contributed by atoms with Gasteiger partial charge in [-0.05, 0) is 63.6 Å². The molecule has 3 N–H and O–H groups in total. The molecule has 12 nitrogen and oxygen atoms in total. The Morgan fingerprint density at radius 3 is 1.83 bits per heavy atom. The van der Waals surface area contributed by atoms with E-state index < -0.39 is 60.6 Å². The number of nitrogens with two attached hydrogens (primary N) is 1. The molecule has 0 radical (unpaired) electrons. The van der Waals surface area contributed by atoms with E-state index >= 15 is 0 Å². The second kappa shape index (κ2) is 17.3. The second-order valence-electron chi connectivity index (χ2n) is 10.4. The molecule has 1 aromatic carbocycles. The summed E-state index contributed by atoms with van der Waals surface area (Å²) in [6, 6.07) is 2.71. The lowest BCUT2D eigenvalue weighted by atomic mass is 9.79. The zero-order valence-electron chi connectivity index (χ0n) is 25.2. The highest BCUT2D eigenvalue weighted by atomic mass is 16.8. The molecule has 0 aliphatic carbocycles. The van der Waals surface area contributed by atoms with Crippen molar-refractivity contribution in [3.63, 3.8) is 0 Å². The zero-order chi connectivity index (χ0) is 31.3. The molecule has 0 amide bonds. The number of hydrogen-bond donors (Lipinski definition) is 2. The first kappa shape index (κ1) is 35.5. The van der Waals surface area contributed by atoms with E-state index in [0.717, 1.165) is 0 Å².